The molecule has 2 fully saturated rings. The largest absolute Gasteiger partial charge is 0.416 e. The van der Waals surface area contributed by atoms with Crippen LogP contribution in [0.15, 0.2) is 24.3 Å². The van der Waals surface area contributed by atoms with Crippen molar-refractivity contribution in [3.8, 4) is 11.4 Å². The van der Waals surface area contributed by atoms with Crippen LogP contribution in [0.2, 0.25) is 0 Å². The van der Waals surface area contributed by atoms with Gasteiger partial charge in [0, 0.05) is 38.3 Å². The Labute approximate surface area is 198 Å². The third-order valence-electron chi connectivity index (χ3n) is 6.40. The van der Waals surface area contributed by atoms with E-state index in [1.54, 1.807) is 22.6 Å². The third-order valence-corrected chi connectivity index (χ3v) is 7.15. The maximum absolute atomic E-state index is 13.3. The molecule has 1 N–H and O–H groups in total. The second kappa shape index (κ2) is 9.30. The van der Waals surface area contributed by atoms with Gasteiger partial charge in [0.25, 0.3) is 5.91 Å². The Morgan fingerprint density at radius 3 is 2.56 bits per heavy atom. The first kappa shape index (κ1) is 23.5. The van der Waals surface area contributed by atoms with Crippen molar-refractivity contribution in [1.29, 1.82) is 0 Å². The molecule has 1 unspecified atom stereocenters. The second-order valence-corrected chi connectivity index (χ2v) is 9.55. The fraction of sp³-hybridized carbons (Fsp3) is 0.545. The molecule has 1 amide bonds. The topological polar surface area (TPSA) is 61.6 Å². The van der Waals surface area contributed by atoms with E-state index >= 15 is 0 Å². The van der Waals surface area contributed by atoms with Gasteiger partial charge in [-0.1, -0.05) is 12.1 Å². The lowest BCUT2D eigenvalue weighted by atomic mass is 9.99. The van der Waals surface area contributed by atoms with Gasteiger partial charge in [0.15, 0.2) is 0 Å². The Morgan fingerprint density at radius 2 is 1.91 bits per heavy atom. The average Bonchev–Trinajstić information content (AvgIpc) is 3.07. The van der Waals surface area contributed by atoms with E-state index in [1.807, 2.05) is 22.6 Å². The van der Waals surface area contributed by atoms with E-state index in [4.69, 9.17) is 0 Å². The fourth-order valence-corrected chi connectivity index (χ4v) is 5.51. The quantitative estimate of drug-likeness (QED) is 0.579. The van der Waals surface area contributed by atoms with Gasteiger partial charge < -0.3 is 14.6 Å². The Morgan fingerprint density at radius 1 is 1.19 bits per heavy atom. The number of benzene rings is 1. The summed E-state index contributed by atoms with van der Waals surface area (Å²) in [6, 6.07) is 5.37. The number of imidazole rings is 1. The summed E-state index contributed by atoms with van der Waals surface area (Å²) in [5.41, 5.74) is -0.0303. The van der Waals surface area contributed by atoms with Crippen molar-refractivity contribution in [2.75, 3.05) is 26.2 Å². The lowest BCUT2D eigenvalue weighted by Gasteiger charge is -2.41. The van der Waals surface area contributed by atoms with E-state index in [2.05, 4.69) is 9.88 Å². The lowest BCUT2D eigenvalue weighted by molar-refractivity contribution is -0.137. The number of amides is 1. The molecule has 174 valence electrons. The first-order valence-electron chi connectivity index (χ1n) is 10.8. The Bertz CT molecular complexity index is 986. The summed E-state index contributed by atoms with van der Waals surface area (Å²) < 4.78 is 41.4. The summed E-state index contributed by atoms with van der Waals surface area (Å²) in [7, 11) is 1.67. The van der Waals surface area contributed by atoms with Crippen LogP contribution in [0, 0.1) is 3.70 Å². The van der Waals surface area contributed by atoms with Crippen molar-refractivity contribution in [1.82, 2.24) is 19.4 Å². The number of β-amino-alcohol motifs (C(OH)–C–C–N with tert-alkyl or cyclic N) is 1. The minimum absolute atomic E-state index is 0.153. The highest BCUT2D eigenvalue weighted by molar-refractivity contribution is 14.1. The number of hydrogen-bond donors (Lipinski definition) is 1. The zero-order valence-corrected chi connectivity index (χ0v) is 19.9. The summed E-state index contributed by atoms with van der Waals surface area (Å²) in [5, 5.41) is 9.94. The first-order chi connectivity index (χ1) is 15.1. The minimum Gasteiger partial charge on any atom is -0.392 e. The van der Waals surface area contributed by atoms with Crippen LogP contribution >= 0.6 is 22.6 Å². The molecule has 0 radical (unpaired) electrons. The molecule has 2 saturated heterocycles. The molecular weight excluding hydrogens is 536 g/mol. The predicted molar refractivity (Wildman–Crippen MR) is 122 cm³/mol. The number of alkyl halides is 3. The summed E-state index contributed by atoms with van der Waals surface area (Å²) in [6.07, 6.45) is -1.19. The molecule has 1 aromatic heterocycles. The molecule has 10 heteroatoms. The molecule has 4 rings (SSSR count). The first-order valence-corrected chi connectivity index (χ1v) is 11.8. The Hall–Kier alpha value is -1.66. The van der Waals surface area contributed by atoms with E-state index in [-0.39, 0.29) is 12.0 Å². The molecule has 0 bridgehead atoms. The van der Waals surface area contributed by atoms with E-state index in [0.717, 1.165) is 44.4 Å². The number of aliphatic hydroxyl groups excluding tert-OH is 1. The van der Waals surface area contributed by atoms with Gasteiger partial charge in [-0.3, -0.25) is 9.69 Å². The van der Waals surface area contributed by atoms with Gasteiger partial charge in [-0.05, 0) is 67.0 Å². The number of rotatable bonds is 3. The molecule has 0 spiro atoms. The number of piperidine rings is 2. The lowest BCUT2D eigenvalue weighted by Crippen LogP contribution is -2.50. The number of aromatic nitrogens is 2. The van der Waals surface area contributed by atoms with Gasteiger partial charge in [-0.15, -0.1) is 0 Å². The second-order valence-electron chi connectivity index (χ2n) is 8.53. The average molecular weight is 562 g/mol. The van der Waals surface area contributed by atoms with Gasteiger partial charge in [0.05, 0.1) is 11.7 Å². The molecule has 3 heterocycles. The molecule has 0 saturated carbocycles. The molecule has 1 atom stereocenters. The number of carbonyl (C=O) groups excluding carboxylic acids is 1. The van der Waals surface area contributed by atoms with Crippen LogP contribution in [-0.2, 0) is 13.2 Å². The smallest absolute Gasteiger partial charge is 0.392 e. The molecule has 0 aliphatic carbocycles. The molecule has 2 aromatic rings. The zero-order chi connectivity index (χ0) is 23.0. The number of aliphatic hydroxyl groups is 1. The van der Waals surface area contributed by atoms with Crippen molar-refractivity contribution in [2.45, 2.75) is 44.0 Å². The van der Waals surface area contributed by atoms with E-state index in [9.17, 15) is 23.1 Å². The van der Waals surface area contributed by atoms with Crippen molar-refractivity contribution in [3.63, 3.8) is 0 Å². The van der Waals surface area contributed by atoms with Crippen molar-refractivity contribution >= 4 is 28.5 Å². The standard InChI is InChI=1S/C22H26F3IN4O2/c1-28-18(19(26)27-20(28)14-4-2-5-15(12-14)22(23,24)25)21(32)29-10-7-16(8-11-29)30-9-3-6-17(31)13-30/h2,4-5,12,16-17,31H,3,6-11,13H2,1H3. The maximum Gasteiger partial charge on any atom is 0.416 e. The minimum atomic E-state index is -4.44. The number of hydrogen-bond acceptors (Lipinski definition) is 4. The Balaban J connectivity index is 1.49. The molecular formula is C22H26F3IN4O2. The highest BCUT2D eigenvalue weighted by Crippen LogP contribution is 2.33. The number of nitrogens with zero attached hydrogens (tertiary/aromatic N) is 4. The highest BCUT2D eigenvalue weighted by Gasteiger charge is 2.33. The van der Waals surface area contributed by atoms with Crippen molar-refractivity contribution in [3.05, 3.63) is 39.2 Å². The number of halogens is 4. The van der Waals surface area contributed by atoms with Crippen LogP contribution < -0.4 is 0 Å². The SMILES string of the molecule is Cn1c(-c2cccc(C(F)(F)F)c2)nc(I)c1C(=O)N1CCC(N2CCCC(O)C2)CC1. The summed E-state index contributed by atoms with van der Waals surface area (Å²) in [4.78, 5) is 21.8. The molecule has 2 aliphatic heterocycles. The van der Waals surface area contributed by atoms with E-state index in [0.29, 0.717) is 46.5 Å². The van der Waals surface area contributed by atoms with Crippen molar-refractivity contribution in [2.24, 2.45) is 7.05 Å². The summed E-state index contributed by atoms with van der Waals surface area (Å²) in [6.45, 7) is 2.89. The van der Waals surface area contributed by atoms with E-state index < -0.39 is 11.7 Å². The van der Waals surface area contributed by atoms with Gasteiger partial charge >= 0.3 is 6.18 Å². The van der Waals surface area contributed by atoms with Crippen LogP contribution in [0.3, 0.4) is 0 Å². The zero-order valence-electron chi connectivity index (χ0n) is 17.8. The monoisotopic (exact) mass is 562 g/mol. The van der Waals surface area contributed by atoms with Gasteiger partial charge in [-0.2, -0.15) is 13.2 Å². The predicted octanol–water partition coefficient (Wildman–Crippen LogP) is 3.77. The molecule has 32 heavy (non-hydrogen) atoms. The number of carbonyl (C=O) groups is 1. The summed E-state index contributed by atoms with van der Waals surface area (Å²) >= 11 is 1.97. The van der Waals surface area contributed by atoms with Gasteiger partial charge in [0.1, 0.15) is 15.2 Å². The number of likely N-dealkylation sites (tertiary alicyclic amines) is 2. The van der Waals surface area contributed by atoms with Crippen LogP contribution in [0.5, 0.6) is 0 Å². The van der Waals surface area contributed by atoms with Crippen LogP contribution in [0.4, 0.5) is 13.2 Å². The van der Waals surface area contributed by atoms with Crippen LogP contribution in [0.25, 0.3) is 11.4 Å². The van der Waals surface area contributed by atoms with Crippen LogP contribution in [-0.4, -0.2) is 68.7 Å². The van der Waals surface area contributed by atoms with Crippen molar-refractivity contribution < 1.29 is 23.1 Å². The summed E-state index contributed by atoms with van der Waals surface area (Å²) in [5.74, 6) is 0.181. The van der Waals surface area contributed by atoms with Gasteiger partial charge in [-0.25, -0.2) is 4.98 Å². The normalized spacial score (nSPS) is 21.2. The van der Waals surface area contributed by atoms with Gasteiger partial charge in [0.2, 0.25) is 0 Å². The van der Waals surface area contributed by atoms with Crippen LogP contribution in [0.1, 0.15) is 41.7 Å². The molecule has 2 aliphatic rings. The molecule has 1 aromatic carbocycles. The fourth-order valence-electron chi connectivity index (χ4n) is 4.69. The maximum atomic E-state index is 13.3. The van der Waals surface area contributed by atoms with E-state index in [1.165, 1.54) is 6.07 Å². The molecule has 6 nitrogen and oxygen atoms in total. The Kier molecular flexibility index (Phi) is 6.83. The third kappa shape index (κ3) is 4.81. The highest BCUT2D eigenvalue weighted by atomic mass is 127.